The van der Waals surface area contributed by atoms with Gasteiger partial charge in [0.05, 0.1) is 11.3 Å². The summed E-state index contributed by atoms with van der Waals surface area (Å²) in [6.45, 7) is 6.57. The molecule has 19 heavy (non-hydrogen) atoms. The van der Waals surface area contributed by atoms with E-state index in [9.17, 15) is 5.26 Å². The normalized spacial score (nSPS) is 25.4. The Kier molecular flexibility index (Phi) is 3.67. The molecule has 2 atom stereocenters. The highest BCUT2D eigenvalue weighted by molar-refractivity contribution is 7.99. The summed E-state index contributed by atoms with van der Waals surface area (Å²) in [6.07, 6.45) is 0. The number of rotatable bonds is 3. The highest BCUT2D eigenvalue weighted by Gasteiger charge is 2.36. The SMILES string of the molecule is CCSc1cccc(N2CC3CNCC3C2)c1C#N. The second-order valence-electron chi connectivity index (χ2n) is 5.28. The molecule has 4 heteroatoms. The Hall–Kier alpha value is -1.18. The van der Waals surface area contributed by atoms with Gasteiger partial charge >= 0.3 is 0 Å². The van der Waals surface area contributed by atoms with Gasteiger partial charge in [0.2, 0.25) is 0 Å². The second-order valence-corrected chi connectivity index (χ2v) is 6.58. The molecule has 0 bridgehead atoms. The molecule has 100 valence electrons. The maximum Gasteiger partial charge on any atom is 0.103 e. The Labute approximate surface area is 119 Å². The van der Waals surface area contributed by atoms with Crippen LogP contribution in [0.2, 0.25) is 0 Å². The number of anilines is 1. The van der Waals surface area contributed by atoms with Crippen LogP contribution in [0.1, 0.15) is 12.5 Å². The van der Waals surface area contributed by atoms with E-state index in [1.165, 1.54) is 0 Å². The van der Waals surface area contributed by atoms with Gasteiger partial charge in [-0.25, -0.2) is 0 Å². The Morgan fingerprint density at radius 1 is 1.37 bits per heavy atom. The smallest absolute Gasteiger partial charge is 0.103 e. The van der Waals surface area contributed by atoms with Crippen LogP contribution in [0.25, 0.3) is 0 Å². The van der Waals surface area contributed by atoms with E-state index < -0.39 is 0 Å². The summed E-state index contributed by atoms with van der Waals surface area (Å²) < 4.78 is 0. The number of nitrogens with one attached hydrogen (secondary N) is 1. The lowest BCUT2D eigenvalue weighted by atomic mass is 10.0. The summed E-state index contributed by atoms with van der Waals surface area (Å²) in [5.41, 5.74) is 2.00. The van der Waals surface area contributed by atoms with Crippen molar-refractivity contribution < 1.29 is 0 Å². The van der Waals surface area contributed by atoms with Gasteiger partial charge < -0.3 is 10.2 Å². The number of hydrogen-bond donors (Lipinski definition) is 1. The van der Waals surface area contributed by atoms with Crippen molar-refractivity contribution in [3.05, 3.63) is 23.8 Å². The molecule has 2 fully saturated rings. The lowest BCUT2D eigenvalue weighted by molar-refractivity contribution is 0.533. The quantitative estimate of drug-likeness (QED) is 0.858. The average molecular weight is 273 g/mol. The molecule has 0 saturated carbocycles. The third-order valence-corrected chi connectivity index (χ3v) is 5.09. The van der Waals surface area contributed by atoms with Crippen LogP contribution in [0.15, 0.2) is 23.1 Å². The fraction of sp³-hybridized carbons (Fsp3) is 0.533. The minimum Gasteiger partial charge on any atom is -0.370 e. The summed E-state index contributed by atoms with van der Waals surface area (Å²) in [7, 11) is 0. The van der Waals surface area contributed by atoms with Crippen molar-refractivity contribution >= 4 is 17.4 Å². The Bertz CT molecular complexity index is 497. The molecule has 2 unspecified atom stereocenters. The number of nitrogens with zero attached hydrogens (tertiary/aromatic N) is 2. The van der Waals surface area contributed by atoms with Crippen LogP contribution in [-0.2, 0) is 0 Å². The lowest BCUT2D eigenvalue weighted by Crippen LogP contribution is -2.26. The molecule has 3 nitrogen and oxygen atoms in total. The number of benzene rings is 1. The zero-order valence-electron chi connectivity index (χ0n) is 11.2. The molecule has 0 amide bonds. The summed E-state index contributed by atoms with van der Waals surface area (Å²) in [4.78, 5) is 3.53. The van der Waals surface area contributed by atoms with Crippen LogP contribution in [0.4, 0.5) is 5.69 Å². The Balaban J connectivity index is 1.89. The minimum absolute atomic E-state index is 0.758. The molecule has 1 N–H and O–H groups in total. The van der Waals surface area contributed by atoms with E-state index in [4.69, 9.17) is 0 Å². The predicted molar refractivity (Wildman–Crippen MR) is 79.6 cm³/mol. The average Bonchev–Trinajstić information content (AvgIpc) is 2.99. The summed E-state index contributed by atoms with van der Waals surface area (Å²) >= 11 is 1.76. The van der Waals surface area contributed by atoms with Gasteiger partial charge in [-0.2, -0.15) is 5.26 Å². The molecule has 0 aliphatic carbocycles. The van der Waals surface area contributed by atoms with E-state index in [-0.39, 0.29) is 0 Å². The number of thioether (sulfide) groups is 1. The van der Waals surface area contributed by atoms with Gasteiger partial charge in [-0.15, -0.1) is 11.8 Å². The van der Waals surface area contributed by atoms with E-state index in [2.05, 4.69) is 41.4 Å². The fourth-order valence-corrected chi connectivity index (χ4v) is 4.00. The first kappa shape index (κ1) is 12.8. The van der Waals surface area contributed by atoms with Crippen LogP contribution in [0.3, 0.4) is 0 Å². The summed E-state index contributed by atoms with van der Waals surface area (Å²) in [6, 6.07) is 8.67. The third-order valence-electron chi connectivity index (χ3n) is 4.15. The minimum atomic E-state index is 0.758. The number of hydrogen-bond acceptors (Lipinski definition) is 4. The molecule has 2 aliphatic rings. The molecule has 1 aromatic carbocycles. The molecule has 3 rings (SSSR count). The van der Waals surface area contributed by atoms with Crippen molar-refractivity contribution in [1.82, 2.24) is 5.32 Å². The fourth-order valence-electron chi connectivity index (χ4n) is 3.22. The highest BCUT2D eigenvalue weighted by Crippen LogP contribution is 2.35. The highest BCUT2D eigenvalue weighted by atomic mass is 32.2. The largest absolute Gasteiger partial charge is 0.370 e. The van der Waals surface area contributed by atoms with Crippen LogP contribution in [0, 0.1) is 23.2 Å². The monoisotopic (exact) mass is 273 g/mol. The molecule has 2 aliphatic heterocycles. The topological polar surface area (TPSA) is 39.1 Å². The molecular formula is C15H19N3S. The Morgan fingerprint density at radius 2 is 2.11 bits per heavy atom. The molecule has 2 saturated heterocycles. The van der Waals surface area contributed by atoms with Gasteiger partial charge in [0.15, 0.2) is 0 Å². The van der Waals surface area contributed by atoms with E-state index in [0.717, 1.165) is 59.9 Å². The molecule has 0 aromatic heterocycles. The number of fused-ring (bicyclic) bond motifs is 1. The van der Waals surface area contributed by atoms with Crippen LogP contribution in [0.5, 0.6) is 0 Å². The van der Waals surface area contributed by atoms with Gasteiger partial charge in [0.25, 0.3) is 0 Å². The van der Waals surface area contributed by atoms with Crippen molar-refractivity contribution in [2.24, 2.45) is 11.8 Å². The zero-order chi connectivity index (χ0) is 13.2. The molecule has 1 aromatic rings. The van der Waals surface area contributed by atoms with Crippen LogP contribution in [-0.4, -0.2) is 31.9 Å². The first-order valence-corrected chi connectivity index (χ1v) is 7.93. The second kappa shape index (κ2) is 5.44. The standard InChI is InChI=1S/C15H19N3S/c1-2-19-15-5-3-4-14(13(15)6-16)18-9-11-7-17-8-12(11)10-18/h3-5,11-12,17H,2,7-10H2,1H3. The molecule has 2 heterocycles. The molecule has 0 spiro atoms. The first-order chi connectivity index (χ1) is 9.33. The third kappa shape index (κ3) is 2.33. The van der Waals surface area contributed by atoms with Crippen molar-refractivity contribution in [1.29, 1.82) is 5.26 Å². The summed E-state index contributed by atoms with van der Waals surface area (Å²) in [5, 5.41) is 12.9. The van der Waals surface area contributed by atoms with Gasteiger partial charge in [-0.1, -0.05) is 13.0 Å². The van der Waals surface area contributed by atoms with Crippen molar-refractivity contribution in [2.45, 2.75) is 11.8 Å². The lowest BCUT2D eigenvalue weighted by Gasteiger charge is -2.22. The molecule has 0 radical (unpaired) electrons. The van der Waals surface area contributed by atoms with E-state index >= 15 is 0 Å². The van der Waals surface area contributed by atoms with Crippen molar-refractivity contribution in [3.8, 4) is 6.07 Å². The first-order valence-electron chi connectivity index (χ1n) is 6.95. The van der Waals surface area contributed by atoms with Crippen LogP contribution >= 0.6 is 11.8 Å². The van der Waals surface area contributed by atoms with E-state index in [1.807, 2.05) is 0 Å². The maximum absolute atomic E-state index is 9.49. The zero-order valence-corrected chi connectivity index (χ0v) is 12.0. The van der Waals surface area contributed by atoms with E-state index in [0.29, 0.717) is 0 Å². The summed E-state index contributed by atoms with van der Waals surface area (Å²) in [5.74, 6) is 2.52. The van der Waals surface area contributed by atoms with Gasteiger partial charge in [-0.05, 0) is 29.7 Å². The van der Waals surface area contributed by atoms with Gasteiger partial charge in [-0.3, -0.25) is 0 Å². The van der Waals surface area contributed by atoms with E-state index in [1.54, 1.807) is 11.8 Å². The molecular weight excluding hydrogens is 254 g/mol. The van der Waals surface area contributed by atoms with Gasteiger partial charge in [0, 0.05) is 31.1 Å². The number of nitriles is 1. The van der Waals surface area contributed by atoms with Crippen LogP contribution < -0.4 is 10.2 Å². The predicted octanol–water partition coefficient (Wildman–Crippen LogP) is 2.33. The maximum atomic E-state index is 9.49. The van der Waals surface area contributed by atoms with Crippen molar-refractivity contribution in [2.75, 3.05) is 36.8 Å². The Morgan fingerprint density at radius 3 is 2.74 bits per heavy atom. The van der Waals surface area contributed by atoms with Gasteiger partial charge in [0.1, 0.15) is 6.07 Å². The van der Waals surface area contributed by atoms with Crippen molar-refractivity contribution in [3.63, 3.8) is 0 Å².